The summed E-state index contributed by atoms with van der Waals surface area (Å²) in [7, 11) is 0. The maximum absolute atomic E-state index is 11.2. The van der Waals surface area contributed by atoms with Crippen molar-refractivity contribution in [1.82, 2.24) is 5.32 Å². The van der Waals surface area contributed by atoms with E-state index in [1.165, 1.54) is 5.56 Å². The van der Waals surface area contributed by atoms with Crippen molar-refractivity contribution >= 4 is 21.9 Å². The molecule has 0 aliphatic heterocycles. The molecule has 2 N–H and O–H groups in total. The van der Waals surface area contributed by atoms with Gasteiger partial charge in [0.05, 0.1) is 5.41 Å². The predicted octanol–water partition coefficient (Wildman–Crippen LogP) is 2.84. The van der Waals surface area contributed by atoms with Crippen LogP contribution >= 0.6 is 15.9 Å². The van der Waals surface area contributed by atoms with Gasteiger partial charge in [-0.05, 0) is 37.4 Å². The van der Waals surface area contributed by atoms with Crippen LogP contribution in [0.3, 0.4) is 0 Å². The Bertz CT molecular complexity index is 430. The number of carbonyl (C=O) groups is 1. The lowest BCUT2D eigenvalue weighted by Gasteiger charge is -2.37. The summed E-state index contributed by atoms with van der Waals surface area (Å²) >= 11 is 3.51. The molecule has 0 amide bonds. The summed E-state index contributed by atoms with van der Waals surface area (Å²) in [6.45, 7) is 1.41. The molecule has 0 bridgehead atoms. The van der Waals surface area contributed by atoms with Crippen LogP contribution in [0.5, 0.6) is 0 Å². The Morgan fingerprint density at radius 2 is 2.11 bits per heavy atom. The van der Waals surface area contributed by atoms with Gasteiger partial charge in [-0.25, -0.2) is 0 Å². The summed E-state index contributed by atoms with van der Waals surface area (Å²) in [5.41, 5.74) is 0.761. The second-order valence-corrected chi connectivity index (χ2v) is 5.81. The number of nitrogens with one attached hydrogen (secondary N) is 1. The van der Waals surface area contributed by atoms with E-state index in [4.69, 9.17) is 0 Å². The molecule has 98 valence electrons. The van der Waals surface area contributed by atoms with Crippen LogP contribution in [0, 0.1) is 5.41 Å². The summed E-state index contributed by atoms with van der Waals surface area (Å²) < 4.78 is 1.11. The zero-order valence-electron chi connectivity index (χ0n) is 10.3. The maximum Gasteiger partial charge on any atom is 0.310 e. The van der Waals surface area contributed by atoms with Gasteiger partial charge in [-0.1, -0.05) is 40.5 Å². The van der Waals surface area contributed by atoms with Gasteiger partial charge in [-0.15, -0.1) is 0 Å². The molecular weight excluding hydrogens is 294 g/mol. The van der Waals surface area contributed by atoms with E-state index in [1.54, 1.807) is 0 Å². The molecule has 1 aromatic rings. The number of benzene rings is 1. The van der Waals surface area contributed by atoms with Gasteiger partial charge in [0, 0.05) is 11.0 Å². The molecule has 4 heteroatoms. The van der Waals surface area contributed by atoms with Crippen molar-refractivity contribution in [1.29, 1.82) is 0 Å². The third-order valence-electron chi connectivity index (χ3n) is 3.76. The lowest BCUT2D eigenvalue weighted by molar-refractivity contribution is -0.154. The van der Waals surface area contributed by atoms with E-state index in [0.29, 0.717) is 6.54 Å². The first kappa shape index (κ1) is 13.6. The van der Waals surface area contributed by atoms with Crippen LogP contribution in [0.2, 0.25) is 0 Å². The Kier molecular flexibility index (Phi) is 4.40. The minimum Gasteiger partial charge on any atom is -0.481 e. The highest BCUT2D eigenvalue weighted by Crippen LogP contribution is 2.40. The highest BCUT2D eigenvalue weighted by Gasteiger charge is 2.43. The first-order valence-corrected chi connectivity index (χ1v) is 7.11. The normalized spacial score (nSPS) is 17.2. The van der Waals surface area contributed by atoms with E-state index in [9.17, 15) is 9.90 Å². The molecule has 1 aliphatic rings. The lowest BCUT2D eigenvalue weighted by atomic mass is 9.69. The highest BCUT2D eigenvalue weighted by molar-refractivity contribution is 9.10. The number of aliphatic carboxylic acids is 1. The van der Waals surface area contributed by atoms with Crippen LogP contribution in [-0.2, 0) is 11.2 Å². The quantitative estimate of drug-likeness (QED) is 0.794. The number of hydrogen-bond donors (Lipinski definition) is 2. The molecule has 1 aliphatic carbocycles. The number of halogens is 1. The monoisotopic (exact) mass is 311 g/mol. The summed E-state index contributed by atoms with van der Waals surface area (Å²) in [6.07, 6.45) is 3.57. The average Bonchev–Trinajstić information content (AvgIpc) is 2.28. The van der Waals surface area contributed by atoms with Gasteiger partial charge >= 0.3 is 5.97 Å². The maximum atomic E-state index is 11.2. The van der Waals surface area contributed by atoms with Gasteiger partial charge in [-0.3, -0.25) is 4.79 Å². The van der Waals surface area contributed by atoms with Gasteiger partial charge < -0.3 is 10.4 Å². The van der Waals surface area contributed by atoms with Crippen LogP contribution in [-0.4, -0.2) is 24.2 Å². The fraction of sp³-hybridized carbons (Fsp3) is 0.500. The fourth-order valence-corrected chi connectivity index (χ4v) is 2.80. The zero-order valence-corrected chi connectivity index (χ0v) is 11.9. The van der Waals surface area contributed by atoms with E-state index < -0.39 is 11.4 Å². The third-order valence-corrected chi connectivity index (χ3v) is 4.53. The Labute approximate surface area is 116 Å². The highest BCUT2D eigenvalue weighted by atomic mass is 79.9. The van der Waals surface area contributed by atoms with E-state index in [1.807, 2.05) is 18.2 Å². The SMILES string of the molecule is O=C(O)C1(CNCCc2ccccc2Br)CCC1. The molecule has 1 saturated carbocycles. The first-order valence-electron chi connectivity index (χ1n) is 6.32. The summed E-state index contributed by atoms with van der Waals surface area (Å²) in [5, 5.41) is 12.5. The van der Waals surface area contributed by atoms with Gasteiger partial charge in [0.15, 0.2) is 0 Å². The number of carboxylic acids is 1. The molecule has 0 radical (unpaired) electrons. The number of carboxylic acid groups (broad SMARTS) is 1. The average molecular weight is 312 g/mol. The lowest BCUT2D eigenvalue weighted by Crippen LogP contribution is -2.46. The number of rotatable bonds is 6. The van der Waals surface area contributed by atoms with Crippen LogP contribution < -0.4 is 5.32 Å². The van der Waals surface area contributed by atoms with Crippen molar-refractivity contribution < 1.29 is 9.90 Å². The van der Waals surface area contributed by atoms with Crippen molar-refractivity contribution in [3.05, 3.63) is 34.3 Å². The van der Waals surface area contributed by atoms with Crippen molar-refractivity contribution in [2.75, 3.05) is 13.1 Å². The molecule has 0 saturated heterocycles. The van der Waals surface area contributed by atoms with Gasteiger partial charge in [0.25, 0.3) is 0 Å². The standard InChI is InChI=1S/C14H18BrNO2/c15-12-5-2-1-4-11(12)6-9-16-10-14(13(17)18)7-3-8-14/h1-2,4-5,16H,3,6-10H2,(H,17,18). The molecule has 0 aromatic heterocycles. The molecule has 2 rings (SSSR count). The summed E-state index contributed by atoms with van der Waals surface area (Å²) in [6, 6.07) is 8.13. The summed E-state index contributed by atoms with van der Waals surface area (Å²) in [5.74, 6) is -0.651. The van der Waals surface area contributed by atoms with E-state index in [0.717, 1.165) is 36.7 Å². The molecule has 0 heterocycles. The molecule has 0 unspecified atom stereocenters. The largest absolute Gasteiger partial charge is 0.481 e. The minimum atomic E-state index is -0.651. The molecule has 0 atom stereocenters. The van der Waals surface area contributed by atoms with Crippen molar-refractivity contribution in [3.8, 4) is 0 Å². The molecule has 18 heavy (non-hydrogen) atoms. The second-order valence-electron chi connectivity index (χ2n) is 4.96. The zero-order chi connectivity index (χ0) is 13.0. The van der Waals surface area contributed by atoms with E-state index in [-0.39, 0.29) is 0 Å². The topological polar surface area (TPSA) is 49.3 Å². The van der Waals surface area contributed by atoms with Crippen LogP contribution in [0.15, 0.2) is 28.7 Å². The van der Waals surface area contributed by atoms with E-state index >= 15 is 0 Å². The third kappa shape index (κ3) is 2.93. The van der Waals surface area contributed by atoms with Crippen LogP contribution in [0.25, 0.3) is 0 Å². The fourth-order valence-electron chi connectivity index (χ4n) is 2.32. The van der Waals surface area contributed by atoms with E-state index in [2.05, 4.69) is 27.3 Å². The summed E-state index contributed by atoms with van der Waals surface area (Å²) in [4.78, 5) is 11.2. The molecule has 3 nitrogen and oxygen atoms in total. The van der Waals surface area contributed by atoms with Crippen molar-refractivity contribution in [2.45, 2.75) is 25.7 Å². The molecular formula is C14H18BrNO2. The predicted molar refractivity (Wildman–Crippen MR) is 74.6 cm³/mol. The Balaban J connectivity index is 1.76. The minimum absolute atomic E-state index is 0.492. The Morgan fingerprint density at radius 3 is 2.67 bits per heavy atom. The smallest absolute Gasteiger partial charge is 0.310 e. The van der Waals surface area contributed by atoms with Gasteiger partial charge in [0.2, 0.25) is 0 Å². The van der Waals surface area contributed by atoms with Crippen molar-refractivity contribution in [3.63, 3.8) is 0 Å². The second kappa shape index (κ2) is 5.85. The molecule has 1 fully saturated rings. The van der Waals surface area contributed by atoms with Crippen molar-refractivity contribution in [2.24, 2.45) is 5.41 Å². The van der Waals surface area contributed by atoms with Gasteiger partial charge in [-0.2, -0.15) is 0 Å². The molecule has 1 aromatic carbocycles. The molecule has 0 spiro atoms. The van der Waals surface area contributed by atoms with Crippen LogP contribution in [0.1, 0.15) is 24.8 Å². The Morgan fingerprint density at radius 1 is 1.39 bits per heavy atom. The van der Waals surface area contributed by atoms with Crippen LogP contribution in [0.4, 0.5) is 0 Å². The van der Waals surface area contributed by atoms with Gasteiger partial charge in [0.1, 0.15) is 0 Å². The number of hydrogen-bond acceptors (Lipinski definition) is 2. The Hall–Kier alpha value is -0.870. The first-order chi connectivity index (χ1) is 8.64.